The molecule has 1 saturated heterocycles. The molecule has 2 rings (SSSR count). The van der Waals surface area contributed by atoms with Crippen LogP contribution in [0.3, 0.4) is 0 Å². The van der Waals surface area contributed by atoms with Gasteiger partial charge in [0.05, 0.1) is 6.26 Å². The molecule has 1 N–H and O–H groups in total. The molecule has 0 amide bonds. The molecule has 1 aliphatic heterocycles. The van der Waals surface area contributed by atoms with E-state index in [1.807, 2.05) is 30.1 Å². The summed E-state index contributed by atoms with van der Waals surface area (Å²) in [6.45, 7) is 1.95. The van der Waals surface area contributed by atoms with E-state index >= 15 is 0 Å². The van der Waals surface area contributed by atoms with Crippen LogP contribution in [0.15, 0.2) is 35.3 Å². The predicted octanol–water partition coefficient (Wildman–Crippen LogP) is 1.12. The zero-order chi connectivity index (χ0) is 16.9. The standard InChI is InChI=1S/C16H26N4O2S/c1-17-16(19(2)13-14-8-5-4-6-9-14)18-12-15-10-7-11-20(15)23(3,21)22/h4-6,8-9,15H,7,10-13H2,1-3H3,(H,17,18)/t15-/m1/s1. The first-order valence-electron chi connectivity index (χ1n) is 7.84. The summed E-state index contributed by atoms with van der Waals surface area (Å²) in [5.41, 5.74) is 1.21. The fraction of sp³-hybridized carbons (Fsp3) is 0.562. The minimum Gasteiger partial charge on any atom is -0.355 e. The second-order valence-electron chi connectivity index (χ2n) is 5.94. The van der Waals surface area contributed by atoms with E-state index in [-0.39, 0.29) is 6.04 Å². The molecule has 0 saturated carbocycles. The number of hydrogen-bond acceptors (Lipinski definition) is 3. The lowest BCUT2D eigenvalue weighted by Gasteiger charge is -2.26. The van der Waals surface area contributed by atoms with Gasteiger partial charge in [-0.25, -0.2) is 8.42 Å². The third-order valence-corrected chi connectivity index (χ3v) is 5.41. The minimum atomic E-state index is -3.14. The van der Waals surface area contributed by atoms with Gasteiger partial charge in [-0.15, -0.1) is 0 Å². The van der Waals surface area contributed by atoms with Crippen LogP contribution in [0.1, 0.15) is 18.4 Å². The summed E-state index contributed by atoms with van der Waals surface area (Å²) >= 11 is 0. The molecule has 7 heteroatoms. The lowest BCUT2D eigenvalue weighted by Crippen LogP contribution is -2.46. The van der Waals surface area contributed by atoms with Crippen molar-refractivity contribution in [1.29, 1.82) is 0 Å². The Morgan fingerprint density at radius 3 is 2.70 bits per heavy atom. The summed E-state index contributed by atoms with van der Waals surface area (Å²) in [7, 11) is 0.585. The van der Waals surface area contributed by atoms with Crippen molar-refractivity contribution in [1.82, 2.24) is 14.5 Å². The van der Waals surface area contributed by atoms with Crippen molar-refractivity contribution < 1.29 is 8.42 Å². The molecular formula is C16H26N4O2S. The van der Waals surface area contributed by atoms with Crippen molar-refractivity contribution in [3.63, 3.8) is 0 Å². The molecule has 0 radical (unpaired) electrons. The molecule has 1 atom stereocenters. The molecule has 1 aliphatic rings. The highest BCUT2D eigenvalue weighted by Crippen LogP contribution is 2.19. The number of aliphatic imine (C=N–C) groups is 1. The van der Waals surface area contributed by atoms with Gasteiger partial charge in [0.15, 0.2) is 5.96 Å². The van der Waals surface area contributed by atoms with Crippen molar-refractivity contribution in [3.05, 3.63) is 35.9 Å². The molecule has 0 aliphatic carbocycles. The number of benzene rings is 1. The molecule has 1 heterocycles. The Balaban J connectivity index is 1.92. The highest BCUT2D eigenvalue weighted by molar-refractivity contribution is 7.88. The molecule has 1 fully saturated rings. The fourth-order valence-electron chi connectivity index (χ4n) is 2.98. The van der Waals surface area contributed by atoms with E-state index in [4.69, 9.17) is 0 Å². The molecule has 0 unspecified atom stereocenters. The van der Waals surface area contributed by atoms with Crippen LogP contribution in [0, 0.1) is 0 Å². The van der Waals surface area contributed by atoms with E-state index in [0.29, 0.717) is 13.1 Å². The molecule has 6 nitrogen and oxygen atoms in total. The van der Waals surface area contributed by atoms with Crippen LogP contribution in [0.25, 0.3) is 0 Å². The molecule has 128 valence electrons. The first-order valence-corrected chi connectivity index (χ1v) is 9.69. The molecular weight excluding hydrogens is 312 g/mol. The van der Waals surface area contributed by atoms with E-state index in [2.05, 4.69) is 22.4 Å². The largest absolute Gasteiger partial charge is 0.355 e. The summed E-state index contributed by atoms with van der Waals surface area (Å²) in [4.78, 5) is 6.33. The van der Waals surface area contributed by atoms with E-state index in [1.54, 1.807) is 11.4 Å². The van der Waals surface area contributed by atoms with Crippen LogP contribution >= 0.6 is 0 Å². The lowest BCUT2D eigenvalue weighted by molar-refractivity contribution is 0.380. The van der Waals surface area contributed by atoms with Crippen molar-refractivity contribution >= 4 is 16.0 Å². The summed E-state index contributed by atoms with van der Waals surface area (Å²) in [5, 5.41) is 3.30. The minimum absolute atomic E-state index is 0.00637. The van der Waals surface area contributed by atoms with E-state index in [9.17, 15) is 8.42 Å². The maximum atomic E-state index is 11.8. The number of sulfonamides is 1. The first kappa shape index (κ1) is 17.7. The Morgan fingerprint density at radius 2 is 2.09 bits per heavy atom. The summed E-state index contributed by atoms with van der Waals surface area (Å²) in [6, 6.07) is 10.2. The SMILES string of the molecule is CN=C(NC[C@H]1CCCN1S(C)(=O)=O)N(C)Cc1ccccc1. The molecule has 0 bridgehead atoms. The van der Waals surface area contributed by atoms with E-state index in [1.165, 1.54) is 11.8 Å². The van der Waals surface area contributed by atoms with E-state index < -0.39 is 10.0 Å². The number of guanidine groups is 1. The molecule has 1 aromatic carbocycles. The van der Waals surface area contributed by atoms with Crippen molar-refractivity contribution in [2.75, 3.05) is 33.4 Å². The molecule has 23 heavy (non-hydrogen) atoms. The smallest absolute Gasteiger partial charge is 0.211 e. The van der Waals surface area contributed by atoms with Gasteiger partial charge in [-0.1, -0.05) is 30.3 Å². The Morgan fingerprint density at radius 1 is 1.39 bits per heavy atom. The van der Waals surface area contributed by atoms with Crippen molar-refractivity contribution in [2.24, 2.45) is 4.99 Å². The second-order valence-corrected chi connectivity index (χ2v) is 7.87. The highest BCUT2D eigenvalue weighted by Gasteiger charge is 2.31. The number of nitrogens with zero attached hydrogens (tertiary/aromatic N) is 3. The summed E-state index contributed by atoms with van der Waals surface area (Å²) < 4.78 is 25.2. The Bertz CT molecular complexity index is 631. The Labute approximate surface area is 139 Å². The van der Waals surface area contributed by atoms with Crippen LogP contribution in [-0.2, 0) is 16.6 Å². The van der Waals surface area contributed by atoms with Crippen LogP contribution in [-0.4, -0.2) is 63.1 Å². The topological polar surface area (TPSA) is 65.0 Å². The Kier molecular flexibility index (Phi) is 6.01. The van der Waals surface area contributed by atoms with Crippen LogP contribution in [0.4, 0.5) is 0 Å². The monoisotopic (exact) mass is 338 g/mol. The second kappa shape index (κ2) is 7.79. The quantitative estimate of drug-likeness (QED) is 0.645. The summed E-state index contributed by atoms with van der Waals surface area (Å²) in [5.74, 6) is 0.772. The number of rotatable bonds is 5. The van der Waals surface area contributed by atoms with E-state index in [0.717, 1.165) is 25.3 Å². The van der Waals surface area contributed by atoms with Crippen LogP contribution in [0.5, 0.6) is 0 Å². The van der Waals surface area contributed by atoms with Gasteiger partial charge >= 0.3 is 0 Å². The van der Waals surface area contributed by atoms with Gasteiger partial charge in [-0.2, -0.15) is 4.31 Å². The normalized spacial score (nSPS) is 19.8. The Hall–Kier alpha value is -1.60. The average Bonchev–Trinajstić information content (AvgIpc) is 2.97. The van der Waals surface area contributed by atoms with Gasteiger partial charge < -0.3 is 10.2 Å². The van der Waals surface area contributed by atoms with Gasteiger partial charge in [0.25, 0.3) is 0 Å². The average molecular weight is 338 g/mol. The first-order chi connectivity index (χ1) is 10.9. The van der Waals surface area contributed by atoms with Gasteiger partial charge in [0.1, 0.15) is 0 Å². The maximum Gasteiger partial charge on any atom is 0.211 e. The molecule has 0 aromatic heterocycles. The van der Waals surface area contributed by atoms with Gasteiger partial charge in [-0.05, 0) is 18.4 Å². The van der Waals surface area contributed by atoms with Gasteiger partial charge in [-0.3, -0.25) is 4.99 Å². The lowest BCUT2D eigenvalue weighted by atomic mass is 10.2. The van der Waals surface area contributed by atoms with Gasteiger partial charge in [0.2, 0.25) is 10.0 Å². The van der Waals surface area contributed by atoms with Crippen LogP contribution in [0.2, 0.25) is 0 Å². The third-order valence-electron chi connectivity index (χ3n) is 4.08. The zero-order valence-electron chi connectivity index (χ0n) is 14.1. The third kappa shape index (κ3) is 4.94. The fourth-order valence-corrected chi connectivity index (χ4v) is 4.16. The van der Waals surface area contributed by atoms with Crippen molar-refractivity contribution in [2.45, 2.75) is 25.4 Å². The molecule has 1 aromatic rings. The maximum absolute atomic E-state index is 11.8. The van der Waals surface area contributed by atoms with Crippen LogP contribution < -0.4 is 5.32 Å². The summed E-state index contributed by atoms with van der Waals surface area (Å²) in [6.07, 6.45) is 3.08. The predicted molar refractivity (Wildman–Crippen MR) is 93.8 cm³/mol. The number of nitrogens with one attached hydrogen (secondary N) is 1. The van der Waals surface area contributed by atoms with Crippen molar-refractivity contribution in [3.8, 4) is 0 Å². The zero-order valence-corrected chi connectivity index (χ0v) is 14.9. The molecule has 0 spiro atoms. The number of hydrogen-bond donors (Lipinski definition) is 1. The van der Waals surface area contributed by atoms with Gasteiger partial charge in [0, 0.05) is 39.8 Å². The highest BCUT2D eigenvalue weighted by atomic mass is 32.2.